The molecule has 3 aromatic rings. The second-order valence-corrected chi connectivity index (χ2v) is 18.0. The molecule has 15 heteroatoms. The summed E-state index contributed by atoms with van der Waals surface area (Å²) < 4.78 is 38.4. The summed E-state index contributed by atoms with van der Waals surface area (Å²) in [7, 11) is 0. The standard InChI is InChI=1S/C50H59N3O12/c1-2-23-62-50-45(52(49(56)33-16-17-33)30-32-15-19-43-44(25-32)61-31-60-43)29-41(51-65-46-14-5-8-24-59-46)39-26-34(10-3-6-21-54)38(13-4-7-22-55)47(48(39)50)40-28-37(18-20-42(40)64-50)63-36-12-9-11-35(27-36)53(57)58/h2,9,11-12,15,18-20,25-28,33-34,38,45-48,54-55H,1,3-8,10,13-14,16-17,21-24,29-31H2. The van der Waals surface area contributed by atoms with Crippen LogP contribution in [0.3, 0.4) is 0 Å². The van der Waals surface area contributed by atoms with Crippen LogP contribution in [-0.4, -0.2) is 83.0 Å². The van der Waals surface area contributed by atoms with Crippen molar-refractivity contribution in [2.45, 2.75) is 108 Å². The molecule has 65 heavy (non-hydrogen) atoms. The van der Waals surface area contributed by atoms with E-state index in [1.165, 1.54) is 12.1 Å². The summed E-state index contributed by atoms with van der Waals surface area (Å²) in [6, 6.07) is 16.8. The van der Waals surface area contributed by atoms with Gasteiger partial charge in [0.25, 0.3) is 5.69 Å². The minimum absolute atomic E-state index is 0.00129. The molecule has 9 rings (SSSR count). The Hall–Kier alpha value is -5.48. The van der Waals surface area contributed by atoms with Crippen molar-refractivity contribution >= 4 is 17.3 Å². The summed E-state index contributed by atoms with van der Waals surface area (Å²) in [5.74, 6) is 0.205. The van der Waals surface area contributed by atoms with E-state index in [0.29, 0.717) is 60.3 Å². The summed E-state index contributed by atoms with van der Waals surface area (Å²) in [5.41, 5.74) is 3.25. The van der Waals surface area contributed by atoms with E-state index in [1.807, 2.05) is 35.2 Å². The molecule has 0 aromatic heterocycles. The second kappa shape index (κ2) is 19.9. The molecule has 0 bridgehead atoms. The first-order chi connectivity index (χ1) is 31.8. The van der Waals surface area contributed by atoms with Gasteiger partial charge in [0.2, 0.25) is 24.8 Å². The number of hydrogen-bond donors (Lipinski definition) is 2. The van der Waals surface area contributed by atoms with Gasteiger partial charge in [-0.25, -0.2) is 0 Å². The van der Waals surface area contributed by atoms with Crippen LogP contribution in [0, 0.1) is 33.8 Å². The van der Waals surface area contributed by atoms with Crippen molar-refractivity contribution in [2.75, 3.05) is 33.2 Å². The Bertz CT molecular complexity index is 2270. The van der Waals surface area contributed by atoms with E-state index in [4.69, 9.17) is 38.4 Å². The lowest BCUT2D eigenvalue weighted by atomic mass is 9.55. The van der Waals surface area contributed by atoms with Crippen LogP contribution >= 0.6 is 0 Å². The summed E-state index contributed by atoms with van der Waals surface area (Å²) in [4.78, 5) is 34.5. The monoisotopic (exact) mass is 893 g/mol. The van der Waals surface area contributed by atoms with Crippen LogP contribution in [0.25, 0.3) is 0 Å². The molecule has 15 nitrogen and oxygen atoms in total. The molecular weight excluding hydrogens is 835 g/mol. The lowest BCUT2D eigenvalue weighted by Gasteiger charge is -2.60. The molecule has 3 aliphatic heterocycles. The Morgan fingerprint density at radius 3 is 2.52 bits per heavy atom. The van der Waals surface area contributed by atoms with E-state index in [1.54, 1.807) is 24.3 Å². The van der Waals surface area contributed by atoms with E-state index >= 15 is 0 Å². The Morgan fingerprint density at radius 1 is 0.954 bits per heavy atom. The first kappa shape index (κ1) is 44.7. The lowest BCUT2D eigenvalue weighted by molar-refractivity contribution is -0.384. The van der Waals surface area contributed by atoms with Gasteiger partial charge in [-0.2, -0.15) is 0 Å². The van der Waals surface area contributed by atoms with Gasteiger partial charge in [-0.3, -0.25) is 14.9 Å². The van der Waals surface area contributed by atoms with Crippen molar-refractivity contribution in [3.63, 3.8) is 0 Å². The molecule has 3 heterocycles. The topological polar surface area (TPSA) is 181 Å². The number of aliphatic hydroxyl groups excluding tert-OH is 2. The number of ether oxygens (including phenoxy) is 6. The third-order valence-electron chi connectivity index (χ3n) is 13.7. The first-order valence-electron chi connectivity index (χ1n) is 23.3. The number of rotatable bonds is 20. The number of fused-ring (bicyclic) bond motifs is 3. The van der Waals surface area contributed by atoms with Crippen LogP contribution in [0.15, 0.2) is 90.1 Å². The highest BCUT2D eigenvalue weighted by Crippen LogP contribution is 2.62. The maximum absolute atomic E-state index is 15.0. The van der Waals surface area contributed by atoms with Gasteiger partial charge in [0, 0.05) is 56.1 Å². The fourth-order valence-electron chi connectivity index (χ4n) is 10.6. The summed E-state index contributed by atoms with van der Waals surface area (Å²) in [6.45, 7) is 5.27. The molecule has 0 radical (unpaired) electrons. The van der Waals surface area contributed by atoms with E-state index in [9.17, 15) is 25.1 Å². The quantitative estimate of drug-likeness (QED) is 0.0477. The molecular formula is C50H59N3O12. The molecule has 346 valence electrons. The smallest absolute Gasteiger partial charge is 0.273 e. The molecule has 1 saturated heterocycles. The Morgan fingerprint density at radius 2 is 1.75 bits per heavy atom. The van der Waals surface area contributed by atoms with Crippen LogP contribution in [-0.2, 0) is 25.7 Å². The summed E-state index contributed by atoms with van der Waals surface area (Å²) in [6.07, 6.45) is 12.3. The number of aliphatic hydroxyl groups is 2. The fourth-order valence-corrected chi connectivity index (χ4v) is 10.6. The van der Waals surface area contributed by atoms with Gasteiger partial charge in [-0.05, 0) is 111 Å². The normalized spacial score (nSPS) is 26.9. The minimum Gasteiger partial charge on any atom is -0.459 e. The van der Waals surface area contributed by atoms with Gasteiger partial charge in [-0.1, -0.05) is 42.3 Å². The van der Waals surface area contributed by atoms with Crippen molar-refractivity contribution in [3.8, 4) is 28.7 Å². The van der Waals surface area contributed by atoms with Crippen LogP contribution in [0.4, 0.5) is 5.69 Å². The maximum Gasteiger partial charge on any atom is 0.273 e. The molecule has 6 aliphatic rings. The van der Waals surface area contributed by atoms with Crippen LogP contribution < -0.4 is 18.9 Å². The highest BCUT2D eigenvalue weighted by molar-refractivity contribution is 6.03. The van der Waals surface area contributed by atoms with Gasteiger partial charge >= 0.3 is 0 Å². The van der Waals surface area contributed by atoms with E-state index in [-0.39, 0.29) is 74.8 Å². The van der Waals surface area contributed by atoms with Gasteiger partial charge in [0.15, 0.2) is 11.5 Å². The molecule has 0 spiro atoms. The number of benzene rings is 3. The molecule has 3 fully saturated rings. The SMILES string of the molecule is C=CCOC12Oc3ccc(Oc4cccc([N+](=O)[O-])c4)cc3C3C(CCCCO)C(CCCCO)C=C(C(=NOC4CCCCO4)CC1N(Cc1ccc4c(c1)OCO4)C(=O)C1CC1)C32. The van der Waals surface area contributed by atoms with Gasteiger partial charge < -0.3 is 48.4 Å². The van der Waals surface area contributed by atoms with Crippen molar-refractivity contribution in [2.24, 2.45) is 28.8 Å². The molecule has 1 amide bonds. The van der Waals surface area contributed by atoms with E-state index in [2.05, 4.69) is 12.7 Å². The first-order valence-corrected chi connectivity index (χ1v) is 23.3. The van der Waals surface area contributed by atoms with Crippen LogP contribution in [0.1, 0.15) is 94.1 Å². The number of nitro benzene ring substituents is 1. The molecule has 7 atom stereocenters. The number of unbranched alkanes of at least 4 members (excludes halogenated alkanes) is 2. The van der Waals surface area contributed by atoms with Crippen molar-refractivity contribution in [1.82, 2.24) is 4.90 Å². The Kier molecular flexibility index (Phi) is 13.7. The predicted octanol–water partition coefficient (Wildman–Crippen LogP) is 8.71. The average Bonchev–Trinajstić information content (AvgIpc) is 4.07. The fraction of sp³-hybridized carbons (Fsp3) is 0.520. The number of nitro groups is 1. The predicted molar refractivity (Wildman–Crippen MR) is 239 cm³/mol. The molecule has 2 saturated carbocycles. The number of carbonyl (C=O) groups is 1. The van der Waals surface area contributed by atoms with E-state index < -0.39 is 29.0 Å². The number of hydrogen-bond acceptors (Lipinski definition) is 13. The maximum atomic E-state index is 15.0. The van der Waals surface area contributed by atoms with E-state index in [0.717, 1.165) is 68.1 Å². The molecule has 3 aliphatic carbocycles. The number of allylic oxidation sites excluding steroid dienone is 1. The second-order valence-electron chi connectivity index (χ2n) is 18.0. The van der Waals surface area contributed by atoms with Crippen molar-refractivity contribution < 1.29 is 53.2 Å². The van der Waals surface area contributed by atoms with Gasteiger partial charge in [-0.15, -0.1) is 6.58 Å². The number of non-ortho nitro benzene ring substituents is 1. The molecule has 2 N–H and O–H groups in total. The average molecular weight is 894 g/mol. The Labute approximate surface area is 379 Å². The highest BCUT2D eigenvalue weighted by Gasteiger charge is 2.66. The summed E-state index contributed by atoms with van der Waals surface area (Å²) in [5, 5.41) is 36.7. The van der Waals surface area contributed by atoms with Gasteiger partial charge in [0.1, 0.15) is 23.3 Å². The third kappa shape index (κ3) is 9.47. The Balaban J connectivity index is 1.23. The number of oxime groups is 1. The lowest BCUT2D eigenvalue weighted by Crippen LogP contribution is -2.70. The zero-order chi connectivity index (χ0) is 44.9. The van der Waals surface area contributed by atoms with Crippen molar-refractivity contribution in [3.05, 3.63) is 106 Å². The van der Waals surface area contributed by atoms with Crippen molar-refractivity contribution in [1.29, 1.82) is 0 Å². The highest BCUT2D eigenvalue weighted by atomic mass is 16.8. The molecule has 3 aromatic carbocycles. The largest absolute Gasteiger partial charge is 0.459 e. The number of amides is 1. The zero-order valence-electron chi connectivity index (χ0n) is 36.7. The summed E-state index contributed by atoms with van der Waals surface area (Å²) >= 11 is 0. The van der Waals surface area contributed by atoms with Crippen LogP contribution in [0.2, 0.25) is 0 Å². The number of carbonyl (C=O) groups excluding carboxylic acids is 1. The van der Waals surface area contributed by atoms with Crippen LogP contribution in [0.5, 0.6) is 28.7 Å². The number of nitrogens with zero attached hydrogens (tertiary/aromatic N) is 3. The third-order valence-corrected chi connectivity index (χ3v) is 13.7. The minimum atomic E-state index is -1.45. The van der Waals surface area contributed by atoms with Gasteiger partial charge in [0.05, 0.1) is 35.8 Å². The zero-order valence-corrected chi connectivity index (χ0v) is 36.7. The molecule has 7 unspecified atom stereocenters.